The Morgan fingerprint density at radius 3 is 1.81 bits per heavy atom. The van der Waals surface area contributed by atoms with Crippen LogP contribution in [0.15, 0.2) is 0 Å². The van der Waals surface area contributed by atoms with Crippen molar-refractivity contribution < 1.29 is 39.0 Å². The van der Waals surface area contributed by atoms with Crippen LogP contribution in [-0.2, 0) is 28.8 Å². The Labute approximate surface area is 184 Å². The molecule has 0 aliphatic heterocycles. The lowest BCUT2D eigenvalue weighted by atomic mass is 10.1. The van der Waals surface area contributed by atoms with Gasteiger partial charge in [-0.25, -0.2) is 4.79 Å². The molecule has 0 aromatic rings. The summed E-state index contributed by atoms with van der Waals surface area (Å²) >= 11 is 0. The first-order chi connectivity index (χ1) is 14.9. The second-order valence-electron chi connectivity index (χ2n) is 7.20. The van der Waals surface area contributed by atoms with Crippen LogP contribution in [0.1, 0.15) is 45.4 Å². The first-order valence-electron chi connectivity index (χ1n) is 9.98. The van der Waals surface area contributed by atoms with Gasteiger partial charge >= 0.3 is 11.9 Å². The predicted molar refractivity (Wildman–Crippen MR) is 111 cm³/mol. The number of carbonyl (C=O) groups is 6. The molecule has 0 fully saturated rings. The van der Waals surface area contributed by atoms with Crippen molar-refractivity contribution in [1.82, 2.24) is 16.0 Å². The van der Waals surface area contributed by atoms with Gasteiger partial charge in [0.25, 0.3) is 0 Å². The molecule has 0 rings (SSSR count). The number of carboxylic acids is 2. The van der Waals surface area contributed by atoms with Crippen molar-refractivity contribution in [2.75, 3.05) is 6.54 Å². The number of aliphatic carboxylic acids is 2. The second kappa shape index (κ2) is 14.7. The number of nitrogens with one attached hydrogen (secondary N) is 3. The van der Waals surface area contributed by atoms with Gasteiger partial charge in [-0.1, -0.05) is 0 Å². The molecule has 0 saturated carbocycles. The molecular weight excluding hydrogens is 428 g/mol. The minimum absolute atomic E-state index is 0.169. The first-order valence-corrected chi connectivity index (χ1v) is 9.98. The molecule has 0 aromatic carbocycles. The monoisotopic (exact) mass is 460 g/mol. The van der Waals surface area contributed by atoms with Gasteiger partial charge in [-0.2, -0.15) is 0 Å². The lowest BCUT2D eigenvalue weighted by Gasteiger charge is -2.24. The minimum Gasteiger partial charge on any atom is -0.481 e. The van der Waals surface area contributed by atoms with Crippen LogP contribution in [0.5, 0.6) is 0 Å². The summed E-state index contributed by atoms with van der Waals surface area (Å²) in [7, 11) is 0. The van der Waals surface area contributed by atoms with Crippen molar-refractivity contribution in [2.24, 2.45) is 17.2 Å². The van der Waals surface area contributed by atoms with Crippen molar-refractivity contribution in [2.45, 2.75) is 69.6 Å². The van der Waals surface area contributed by atoms with Crippen molar-refractivity contribution >= 4 is 35.6 Å². The molecule has 0 aliphatic carbocycles. The van der Waals surface area contributed by atoms with Crippen LogP contribution in [-0.4, -0.2) is 76.5 Å². The van der Waals surface area contributed by atoms with Crippen molar-refractivity contribution in [1.29, 1.82) is 0 Å². The summed E-state index contributed by atoms with van der Waals surface area (Å²) in [5.41, 5.74) is 16.1. The number of amides is 4. The molecule has 0 bridgehead atoms. The van der Waals surface area contributed by atoms with E-state index in [4.69, 9.17) is 22.3 Å². The normalized spacial score (nSPS) is 14.3. The Morgan fingerprint density at radius 1 is 0.812 bits per heavy atom. The Hall–Kier alpha value is -3.26. The zero-order valence-electron chi connectivity index (χ0n) is 17.8. The zero-order chi connectivity index (χ0) is 24.8. The van der Waals surface area contributed by atoms with Crippen LogP contribution in [0.25, 0.3) is 0 Å². The van der Waals surface area contributed by atoms with Crippen LogP contribution in [0, 0.1) is 0 Å². The standard InChI is InChI=1S/C18H32N6O8/c1-9(20)15(28)22-10(4-2-3-7-19)16(29)24-12(8-13(21)25)17(30)23-11(18(31)32)5-6-14(26)27/h9-12H,2-8,19-20H2,1H3,(H2,21,25)(H,22,28)(H,23,30)(H,24,29)(H,26,27)(H,31,32). The Bertz CT molecular complexity index is 699. The summed E-state index contributed by atoms with van der Waals surface area (Å²) in [5.74, 6) is -6.19. The third-order valence-electron chi connectivity index (χ3n) is 4.29. The van der Waals surface area contributed by atoms with E-state index in [-0.39, 0.29) is 6.42 Å². The van der Waals surface area contributed by atoms with Gasteiger partial charge in [-0.3, -0.25) is 24.0 Å². The molecule has 4 atom stereocenters. The number of nitrogens with two attached hydrogens (primary N) is 3. The van der Waals surface area contributed by atoms with Crippen molar-refractivity contribution in [3.63, 3.8) is 0 Å². The molecule has 0 spiro atoms. The molecule has 11 N–H and O–H groups in total. The number of rotatable bonds is 16. The number of carboxylic acid groups (broad SMARTS) is 2. The van der Waals surface area contributed by atoms with Gasteiger partial charge in [0.15, 0.2) is 0 Å². The lowest BCUT2D eigenvalue weighted by molar-refractivity contribution is -0.143. The molecule has 4 amide bonds. The molecule has 32 heavy (non-hydrogen) atoms. The predicted octanol–water partition coefficient (Wildman–Crippen LogP) is -3.26. The zero-order valence-corrected chi connectivity index (χ0v) is 17.8. The van der Waals surface area contributed by atoms with E-state index in [9.17, 15) is 33.9 Å². The van der Waals surface area contributed by atoms with Gasteiger partial charge < -0.3 is 43.4 Å². The van der Waals surface area contributed by atoms with Crippen LogP contribution >= 0.6 is 0 Å². The molecular formula is C18H32N6O8. The van der Waals surface area contributed by atoms with Gasteiger partial charge in [0.05, 0.1) is 12.5 Å². The quantitative estimate of drug-likeness (QED) is 0.107. The van der Waals surface area contributed by atoms with Gasteiger partial charge in [-0.05, 0) is 39.2 Å². The van der Waals surface area contributed by atoms with E-state index in [2.05, 4.69) is 16.0 Å². The highest BCUT2D eigenvalue weighted by Gasteiger charge is 2.31. The molecule has 0 saturated heterocycles. The Kier molecular flexibility index (Phi) is 13.2. The first kappa shape index (κ1) is 28.7. The number of hydrogen-bond acceptors (Lipinski definition) is 8. The molecule has 4 unspecified atom stereocenters. The Balaban J connectivity index is 5.42. The van der Waals surface area contributed by atoms with Crippen LogP contribution < -0.4 is 33.2 Å². The summed E-state index contributed by atoms with van der Waals surface area (Å²) in [4.78, 5) is 70.5. The third-order valence-corrected chi connectivity index (χ3v) is 4.29. The largest absolute Gasteiger partial charge is 0.481 e. The molecule has 0 radical (unpaired) electrons. The molecule has 14 nitrogen and oxygen atoms in total. The number of primary amides is 1. The van der Waals surface area contributed by atoms with Gasteiger partial charge in [0.2, 0.25) is 23.6 Å². The van der Waals surface area contributed by atoms with Crippen LogP contribution in [0.2, 0.25) is 0 Å². The summed E-state index contributed by atoms with van der Waals surface area (Å²) in [6, 6.07) is -5.11. The van der Waals surface area contributed by atoms with E-state index in [1.54, 1.807) is 0 Å². The van der Waals surface area contributed by atoms with Crippen molar-refractivity contribution in [3.05, 3.63) is 0 Å². The van der Waals surface area contributed by atoms with Gasteiger partial charge in [0, 0.05) is 6.42 Å². The topological polar surface area (TPSA) is 257 Å². The fourth-order valence-electron chi connectivity index (χ4n) is 2.55. The van der Waals surface area contributed by atoms with Gasteiger partial charge in [0.1, 0.15) is 18.1 Å². The minimum atomic E-state index is -1.57. The van der Waals surface area contributed by atoms with Gasteiger partial charge in [-0.15, -0.1) is 0 Å². The SMILES string of the molecule is CC(N)C(=O)NC(CCCCN)C(=O)NC(CC(N)=O)C(=O)NC(CCC(=O)O)C(=O)O. The van der Waals surface area contributed by atoms with Crippen LogP contribution in [0.3, 0.4) is 0 Å². The maximum Gasteiger partial charge on any atom is 0.326 e. The highest BCUT2D eigenvalue weighted by atomic mass is 16.4. The third kappa shape index (κ3) is 11.8. The smallest absolute Gasteiger partial charge is 0.326 e. The van der Waals surface area contributed by atoms with E-state index < -0.39 is 79.0 Å². The summed E-state index contributed by atoms with van der Waals surface area (Å²) < 4.78 is 0. The molecule has 14 heteroatoms. The van der Waals surface area contributed by atoms with Crippen LogP contribution in [0.4, 0.5) is 0 Å². The Morgan fingerprint density at radius 2 is 1.34 bits per heavy atom. The summed E-state index contributed by atoms with van der Waals surface area (Å²) in [6.07, 6.45) is -0.400. The lowest BCUT2D eigenvalue weighted by Crippen LogP contribution is -2.57. The highest BCUT2D eigenvalue weighted by Crippen LogP contribution is 2.05. The number of hydrogen-bond donors (Lipinski definition) is 8. The molecule has 0 aliphatic rings. The number of unbranched alkanes of at least 4 members (excludes halogenated alkanes) is 1. The van der Waals surface area contributed by atoms with E-state index in [0.29, 0.717) is 19.4 Å². The molecule has 182 valence electrons. The van der Waals surface area contributed by atoms with E-state index in [1.807, 2.05) is 0 Å². The highest BCUT2D eigenvalue weighted by molar-refractivity contribution is 5.96. The average molecular weight is 460 g/mol. The second-order valence-corrected chi connectivity index (χ2v) is 7.20. The fourth-order valence-corrected chi connectivity index (χ4v) is 2.55. The summed E-state index contributed by atoms with van der Waals surface area (Å²) in [6.45, 7) is 1.77. The fraction of sp³-hybridized carbons (Fsp3) is 0.667. The maximum absolute atomic E-state index is 12.7. The molecule has 0 aromatic heterocycles. The van der Waals surface area contributed by atoms with E-state index in [0.717, 1.165) is 0 Å². The average Bonchev–Trinajstić information content (AvgIpc) is 2.68. The van der Waals surface area contributed by atoms with E-state index in [1.165, 1.54) is 6.92 Å². The van der Waals surface area contributed by atoms with Crippen molar-refractivity contribution in [3.8, 4) is 0 Å². The maximum atomic E-state index is 12.7. The molecule has 0 heterocycles. The van der Waals surface area contributed by atoms with E-state index >= 15 is 0 Å². The number of carbonyl (C=O) groups excluding carboxylic acids is 4. The summed E-state index contributed by atoms with van der Waals surface area (Å²) in [5, 5.41) is 24.7.